The number of hydrogen-bond donors (Lipinski definition) is 0. The molecular formula is C17H23N3O2. The standard InChI is InChI=1S/C17H23N3O2/c21-16-7-3-9-20(16)15-12-19(11-13-5-1-2-8-18-13)14-6-4-10-22-17(14)15/h1-2,5,8,14-15,17H,3-4,6-7,9-12H2/t14-,15-,17+/m1/s1. The van der Waals surface area contributed by atoms with Crippen molar-refractivity contribution in [1.82, 2.24) is 14.8 Å². The normalized spacial score (nSPS) is 32.5. The lowest BCUT2D eigenvalue weighted by molar-refractivity contribution is -0.132. The molecule has 0 bridgehead atoms. The molecule has 1 aromatic rings. The molecule has 0 radical (unpaired) electrons. The zero-order valence-corrected chi connectivity index (χ0v) is 12.9. The third kappa shape index (κ3) is 2.52. The molecule has 3 aliphatic heterocycles. The summed E-state index contributed by atoms with van der Waals surface area (Å²) in [7, 11) is 0. The van der Waals surface area contributed by atoms with Crippen LogP contribution in [0.2, 0.25) is 0 Å². The predicted molar refractivity (Wildman–Crippen MR) is 82.1 cm³/mol. The minimum absolute atomic E-state index is 0.180. The second-order valence-electron chi connectivity index (χ2n) is 6.55. The van der Waals surface area contributed by atoms with Crippen LogP contribution < -0.4 is 0 Å². The molecule has 5 nitrogen and oxygen atoms in total. The van der Waals surface area contributed by atoms with Gasteiger partial charge in [0.15, 0.2) is 0 Å². The van der Waals surface area contributed by atoms with Crippen LogP contribution >= 0.6 is 0 Å². The molecule has 3 saturated heterocycles. The zero-order chi connectivity index (χ0) is 14.9. The molecule has 22 heavy (non-hydrogen) atoms. The van der Waals surface area contributed by atoms with Crippen molar-refractivity contribution >= 4 is 5.91 Å². The minimum atomic E-state index is 0.180. The highest BCUT2D eigenvalue weighted by Gasteiger charge is 2.48. The number of ether oxygens (including phenoxy) is 1. The Balaban J connectivity index is 1.53. The largest absolute Gasteiger partial charge is 0.374 e. The Hall–Kier alpha value is -1.46. The topological polar surface area (TPSA) is 45.7 Å². The number of rotatable bonds is 3. The molecule has 0 aliphatic carbocycles. The summed E-state index contributed by atoms with van der Waals surface area (Å²) < 4.78 is 6.09. The van der Waals surface area contributed by atoms with Crippen LogP contribution in [0.25, 0.3) is 0 Å². The molecule has 4 heterocycles. The average Bonchev–Trinajstić information content (AvgIpc) is 3.13. The van der Waals surface area contributed by atoms with Gasteiger partial charge in [-0.05, 0) is 31.4 Å². The Kier molecular flexibility index (Phi) is 3.84. The van der Waals surface area contributed by atoms with E-state index in [4.69, 9.17) is 4.74 Å². The number of pyridine rings is 1. The molecule has 0 spiro atoms. The lowest BCUT2D eigenvalue weighted by Crippen LogP contribution is -2.48. The average molecular weight is 301 g/mol. The van der Waals surface area contributed by atoms with Crippen LogP contribution in [-0.2, 0) is 16.1 Å². The number of amides is 1. The van der Waals surface area contributed by atoms with E-state index in [1.165, 1.54) is 0 Å². The Bertz CT molecular complexity index is 536. The van der Waals surface area contributed by atoms with E-state index < -0.39 is 0 Å². The number of carbonyl (C=O) groups is 1. The number of nitrogens with zero attached hydrogens (tertiary/aromatic N) is 3. The first-order valence-electron chi connectivity index (χ1n) is 8.38. The molecule has 0 unspecified atom stereocenters. The van der Waals surface area contributed by atoms with Crippen LogP contribution in [0.4, 0.5) is 0 Å². The van der Waals surface area contributed by atoms with Gasteiger partial charge >= 0.3 is 0 Å². The van der Waals surface area contributed by atoms with Crippen LogP contribution in [0.3, 0.4) is 0 Å². The highest BCUT2D eigenvalue weighted by atomic mass is 16.5. The third-order valence-corrected chi connectivity index (χ3v) is 5.21. The van der Waals surface area contributed by atoms with Gasteiger partial charge in [-0.1, -0.05) is 6.07 Å². The first kappa shape index (κ1) is 14.2. The number of carbonyl (C=O) groups excluding carboxylic acids is 1. The smallest absolute Gasteiger partial charge is 0.223 e. The van der Waals surface area contributed by atoms with E-state index >= 15 is 0 Å². The van der Waals surface area contributed by atoms with Crippen molar-refractivity contribution in [1.29, 1.82) is 0 Å². The van der Waals surface area contributed by atoms with Gasteiger partial charge in [0.2, 0.25) is 5.91 Å². The molecule has 5 heteroatoms. The van der Waals surface area contributed by atoms with Gasteiger partial charge in [0.05, 0.1) is 17.8 Å². The Morgan fingerprint density at radius 2 is 2.23 bits per heavy atom. The van der Waals surface area contributed by atoms with Gasteiger partial charge in [0.25, 0.3) is 0 Å². The number of fused-ring (bicyclic) bond motifs is 1. The van der Waals surface area contributed by atoms with Crippen molar-refractivity contribution in [3.05, 3.63) is 30.1 Å². The Morgan fingerprint density at radius 1 is 1.27 bits per heavy atom. The maximum atomic E-state index is 12.1. The molecule has 3 aliphatic rings. The summed E-state index contributed by atoms with van der Waals surface area (Å²) in [4.78, 5) is 21.1. The predicted octanol–water partition coefficient (Wildman–Crippen LogP) is 1.44. The third-order valence-electron chi connectivity index (χ3n) is 5.21. The van der Waals surface area contributed by atoms with E-state index in [0.29, 0.717) is 18.4 Å². The van der Waals surface area contributed by atoms with E-state index in [1.807, 2.05) is 18.3 Å². The molecule has 0 N–H and O–H groups in total. The number of hydrogen-bond acceptors (Lipinski definition) is 4. The van der Waals surface area contributed by atoms with Crippen LogP contribution in [0.5, 0.6) is 0 Å². The monoisotopic (exact) mass is 301 g/mol. The van der Waals surface area contributed by atoms with E-state index in [0.717, 1.165) is 51.2 Å². The fraction of sp³-hybridized carbons (Fsp3) is 0.647. The summed E-state index contributed by atoms with van der Waals surface area (Å²) in [6, 6.07) is 6.71. The SMILES string of the molecule is O=C1CCCN1[C@@H]1CN(Cc2ccccn2)[C@@H]2CCCO[C@@H]21. The van der Waals surface area contributed by atoms with Crippen LogP contribution in [0.1, 0.15) is 31.4 Å². The molecule has 1 amide bonds. The fourth-order valence-electron chi connectivity index (χ4n) is 4.20. The summed E-state index contributed by atoms with van der Waals surface area (Å²) in [6.45, 7) is 3.49. The molecule has 4 rings (SSSR count). The second kappa shape index (κ2) is 5.97. The maximum absolute atomic E-state index is 12.1. The lowest BCUT2D eigenvalue weighted by Gasteiger charge is -2.34. The number of likely N-dealkylation sites (tertiary alicyclic amines) is 2. The van der Waals surface area contributed by atoms with Crippen LogP contribution in [0, 0.1) is 0 Å². The van der Waals surface area contributed by atoms with Crippen LogP contribution in [0.15, 0.2) is 24.4 Å². The second-order valence-corrected chi connectivity index (χ2v) is 6.55. The molecule has 0 saturated carbocycles. The van der Waals surface area contributed by atoms with Crippen molar-refractivity contribution < 1.29 is 9.53 Å². The Labute approximate surface area is 131 Å². The maximum Gasteiger partial charge on any atom is 0.223 e. The highest BCUT2D eigenvalue weighted by molar-refractivity contribution is 5.78. The fourth-order valence-corrected chi connectivity index (χ4v) is 4.20. The Morgan fingerprint density at radius 3 is 3.00 bits per heavy atom. The van der Waals surface area contributed by atoms with Gasteiger partial charge < -0.3 is 9.64 Å². The van der Waals surface area contributed by atoms with E-state index in [-0.39, 0.29) is 12.1 Å². The van der Waals surface area contributed by atoms with Crippen molar-refractivity contribution in [3.8, 4) is 0 Å². The summed E-state index contributed by atoms with van der Waals surface area (Å²) in [5.41, 5.74) is 1.10. The molecular weight excluding hydrogens is 278 g/mol. The minimum Gasteiger partial charge on any atom is -0.374 e. The summed E-state index contributed by atoms with van der Waals surface area (Å²) in [5.74, 6) is 0.303. The van der Waals surface area contributed by atoms with Gasteiger partial charge in [-0.3, -0.25) is 14.7 Å². The van der Waals surface area contributed by atoms with E-state index in [2.05, 4.69) is 20.9 Å². The van der Waals surface area contributed by atoms with E-state index in [9.17, 15) is 4.79 Å². The van der Waals surface area contributed by atoms with Gasteiger partial charge in [-0.2, -0.15) is 0 Å². The van der Waals surface area contributed by atoms with Gasteiger partial charge in [0, 0.05) is 44.9 Å². The van der Waals surface area contributed by atoms with Crippen molar-refractivity contribution in [2.24, 2.45) is 0 Å². The van der Waals surface area contributed by atoms with Crippen molar-refractivity contribution in [2.45, 2.75) is 50.4 Å². The summed E-state index contributed by atoms with van der Waals surface area (Å²) in [6.07, 6.45) is 6.00. The molecule has 3 fully saturated rings. The highest BCUT2D eigenvalue weighted by Crippen LogP contribution is 2.34. The summed E-state index contributed by atoms with van der Waals surface area (Å²) in [5, 5.41) is 0. The van der Waals surface area contributed by atoms with Gasteiger partial charge in [-0.15, -0.1) is 0 Å². The quantitative estimate of drug-likeness (QED) is 0.847. The molecule has 0 aromatic carbocycles. The van der Waals surface area contributed by atoms with Crippen LogP contribution in [-0.4, -0.2) is 58.6 Å². The number of aromatic nitrogens is 1. The molecule has 118 valence electrons. The first-order valence-corrected chi connectivity index (χ1v) is 8.38. The van der Waals surface area contributed by atoms with Crippen molar-refractivity contribution in [2.75, 3.05) is 19.7 Å². The lowest BCUT2D eigenvalue weighted by atomic mass is 10.00. The van der Waals surface area contributed by atoms with E-state index in [1.54, 1.807) is 0 Å². The summed E-state index contributed by atoms with van der Waals surface area (Å²) >= 11 is 0. The van der Waals surface area contributed by atoms with Gasteiger partial charge in [-0.25, -0.2) is 0 Å². The van der Waals surface area contributed by atoms with Gasteiger partial charge in [0.1, 0.15) is 0 Å². The molecule has 3 atom stereocenters. The first-order chi connectivity index (χ1) is 10.8. The molecule has 1 aromatic heterocycles. The van der Waals surface area contributed by atoms with Crippen molar-refractivity contribution in [3.63, 3.8) is 0 Å². The zero-order valence-electron chi connectivity index (χ0n) is 12.9.